The van der Waals surface area contributed by atoms with Crippen LogP contribution in [-0.4, -0.2) is 38.3 Å². The average molecular weight is 299 g/mol. The van der Waals surface area contributed by atoms with E-state index in [1.807, 2.05) is 0 Å². The largest absolute Gasteiger partial charge is 0.396 e. The van der Waals surface area contributed by atoms with Crippen LogP contribution >= 0.6 is 0 Å². The smallest absolute Gasteiger partial charge is 0.221 e. The summed E-state index contributed by atoms with van der Waals surface area (Å²) in [5, 5.41) is 11.3. The summed E-state index contributed by atoms with van der Waals surface area (Å²) in [5.41, 5.74) is 0. The molecule has 0 bridgehead atoms. The molecule has 2 N–H and O–H groups in total. The number of carbonyl (C=O) groups excluding carboxylic acids is 1. The van der Waals surface area contributed by atoms with Crippen LogP contribution in [0.3, 0.4) is 0 Å². The summed E-state index contributed by atoms with van der Waals surface area (Å²) in [6.45, 7) is 0.674. The molecule has 0 aliphatic heterocycles. The third-order valence-electron chi connectivity index (χ3n) is 2.86. The van der Waals surface area contributed by atoms with Crippen LogP contribution in [0, 0.1) is 0 Å². The summed E-state index contributed by atoms with van der Waals surface area (Å²) in [4.78, 5) is 11.8. The molecule has 1 amide bonds. The first-order chi connectivity index (χ1) is 9.56. The molecule has 0 saturated carbocycles. The Bertz CT molecular complexity index is 499. The molecule has 0 aliphatic rings. The lowest BCUT2D eigenvalue weighted by molar-refractivity contribution is -0.120. The third-order valence-corrected chi connectivity index (χ3v) is 4.59. The molecule has 0 spiro atoms. The van der Waals surface area contributed by atoms with E-state index in [2.05, 4.69) is 5.32 Å². The van der Waals surface area contributed by atoms with Crippen molar-refractivity contribution in [2.45, 2.75) is 30.6 Å². The van der Waals surface area contributed by atoms with E-state index in [1.165, 1.54) is 12.1 Å². The number of sulfone groups is 1. The summed E-state index contributed by atoms with van der Waals surface area (Å²) in [5.74, 6) is -0.437. The molecule has 6 heteroatoms. The predicted molar refractivity (Wildman–Crippen MR) is 77.1 cm³/mol. The second-order valence-electron chi connectivity index (χ2n) is 4.52. The standard InChI is InChI=1S/C14H21NO4S/c16-11-6-2-5-10-15-14(17)9-12-20(18,19)13-7-3-1-4-8-13/h1,3-4,7-8,16H,2,5-6,9-12H2,(H,15,17). The van der Waals surface area contributed by atoms with Crippen LogP contribution in [0.5, 0.6) is 0 Å². The van der Waals surface area contributed by atoms with Crippen molar-refractivity contribution in [2.75, 3.05) is 18.9 Å². The van der Waals surface area contributed by atoms with Crippen molar-refractivity contribution in [3.63, 3.8) is 0 Å². The van der Waals surface area contributed by atoms with E-state index in [4.69, 9.17) is 5.11 Å². The Kier molecular flexibility index (Phi) is 7.25. The van der Waals surface area contributed by atoms with Crippen LogP contribution in [0.1, 0.15) is 25.7 Å². The monoisotopic (exact) mass is 299 g/mol. The normalized spacial score (nSPS) is 11.2. The molecule has 112 valence electrons. The first kappa shape index (κ1) is 16.7. The van der Waals surface area contributed by atoms with Crippen molar-refractivity contribution in [3.05, 3.63) is 30.3 Å². The van der Waals surface area contributed by atoms with E-state index in [1.54, 1.807) is 18.2 Å². The Hall–Kier alpha value is -1.40. The molecule has 0 heterocycles. The van der Waals surface area contributed by atoms with Crippen molar-refractivity contribution in [1.29, 1.82) is 0 Å². The van der Waals surface area contributed by atoms with Gasteiger partial charge < -0.3 is 10.4 Å². The van der Waals surface area contributed by atoms with Crippen LogP contribution in [0.15, 0.2) is 35.2 Å². The number of unbranched alkanes of at least 4 members (excludes halogenated alkanes) is 2. The molecule has 0 unspecified atom stereocenters. The molecule has 0 fully saturated rings. The molecule has 5 nitrogen and oxygen atoms in total. The Morgan fingerprint density at radius 3 is 2.45 bits per heavy atom. The minimum absolute atomic E-state index is 0.0305. The van der Waals surface area contributed by atoms with Gasteiger partial charge >= 0.3 is 0 Å². The maximum absolute atomic E-state index is 11.9. The summed E-state index contributed by atoms with van der Waals surface area (Å²) in [7, 11) is -3.39. The highest BCUT2D eigenvalue weighted by Crippen LogP contribution is 2.10. The Labute approximate surface area is 119 Å². The molecule has 0 aromatic heterocycles. The molecule has 0 atom stereocenters. The van der Waals surface area contributed by atoms with Gasteiger partial charge in [-0.05, 0) is 31.4 Å². The van der Waals surface area contributed by atoms with E-state index in [0.717, 1.165) is 19.3 Å². The number of aliphatic hydroxyl groups excluding tert-OH is 1. The highest BCUT2D eigenvalue weighted by Gasteiger charge is 2.15. The Balaban J connectivity index is 2.30. The lowest BCUT2D eigenvalue weighted by atomic mass is 10.2. The average Bonchev–Trinajstić information content (AvgIpc) is 2.46. The fourth-order valence-corrected chi connectivity index (χ4v) is 2.96. The number of amides is 1. The summed E-state index contributed by atoms with van der Waals surface area (Å²) in [6.07, 6.45) is 2.33. The van der Waals surface area contributed by atoms with Gasteiger partial charge in [-0.3, -0.25) is 4.79 Å². The van der Waals surface area contributed by atoms with E-state index in [-0.39, 0.29) is 29.6 Å². The number of hydrogen-bond acceptors (Lipinski definition) is 4. The fourth-order valence-electron chi connectivity index (χ4n) is 1.70. The molecule has 1 aromatic rings. The zero-order valence-electron chi connectivity index (χ0n) is 11.4. The summed E-state index contributed by atoms with van der Waals surface area (Å²) < 4.78 is 23.9. The van der Waals surface area contributed by atoms with Gasteiger partial charge in [-0.2, -0.15) is 0 Å². The first-order valence-electron chi connectivity index (χ1n) is 6.71. The lowest BCUT2D eigenvalue weighted by Crippen LogP contribution is -2.26. The molecule has 0 saturated heterocycles. The highest BCUT2D eigenvalue weighted by atomic mass is 32.2. The van der Waals surface area contributed by atoms with E-state index >= 15 is 0 Å². The number of benzene rings is 1. The van der Waals surface area contributed by atoms with Crippen molar-refractivity contribution in [3.8, 4) is 0 Å². The molecule has 1 rings (SSSR count). The molecular weight excluding hydrogens is 278 g/mol. The van der Waals surface area contributed by atoms with Gasteiger partial charge in [0, 0.05) is 19.6 Å². The van der Waals surface area contributed by atoms with Crippen molar-refractivity contribution in [2.24, 2.45) is 0 Å². The lowest BCUT2D eigenvalue weighted by Gasteiger charge is -2.06. The number of hydrogen-bond donors (Lipinski definition) is 2. The zero-order valence-corrected chi connectivity index (χ0v) is 12.2. The second-order valence-corrected chi connectivity index (χ2v) is 6.63. The SMILES string of the molecule is O=C(CCS(=O)(=O)c1ccccc1)NCCCCCO. The van der Waals surface area contributed by atoms with Crippen LogP contribution in [0.25, 0.3) is 0 Å². The van der Waals surface area contributed by atoms with Gasteiger partial charge in [0.05, 0.1) is 10.6 Å². The van der Waals surface area contributed by atoms with Crippen LogP contribution < -0.4 is 5.32 Å². The molecule has 20 heavy (non-hydrogen) atoms. The van der Waals surface area contributed by atoms with Crippen molar-refractivity contribution in [1.82, 2.24) is 5.32 Å². The molecule has 0 aliphatic carbocycles. The van der Waals surface area contributed by atoms with E-state index in [0.29, 0.717) is 6.54 Å². The maximum atomic E-state index is 11.9. The quantitative estimate of drug-likeness (QED) is 0.670. The van der Waals surface area contributed by atoms with Crippen LogP contribution in [-0.2, 0) is 14.6 Å². The van der Waals surface area contributed by atoms with Gasteiger partial charge in [0.1, 0.15) is 0 Å². The Morgan fingerprint density at radius 1 is 1.10 bits per heavy atom. The number of rotatable bonds is 9. The predicted octanol–water partition coefficient (Wildman–Crippen LogP) is 1.13. The Morgan fingerprint density at radius 2 is 1.80 bits per heavy atom. The molecule has 1 aromatic carbocycles. The van der Waals surface area contributed by atoms with Gasteiger partial charge in [-0.1, -0.05) is 18.2 Å². The van der Waals surface area contributed by atoms with Gasteiger partial charge in [-0.15, -0.1) is 0 Å². The minimum atomic E-state index is -3.39. The number of aliphatic hydroxyl groups is 1. The zero-order chi connectivity index (χ0) is 14.8. The molecular formula is C14H21NO4S. The summed E-state index contributed by atoms with van der Waals surface area (Å²) >= 11 is 0. The third kappa shape index (κ3) is 6.16. The van der Waals surface area contributed by atoms with Crippen molar-refractivity contribution < 1.29 is 18.3 Å². The topological polar surface area (TPSA) is 83.5 Å². The highest BCUT2D eigenvalue weighted by molar-refractivity contribution is 7.91. The number of nitrogens with one attached hydrogen (secondary N) is 1. The van der Waals surface area contributed by atoms with Gasteiger partial charge in [-0.25, -0.2) is 8.42 Å². The molecule has 0 radical (unpaired) electrons. The van der Waals surface area contributed by atoms with E-state index < -0.39 is 9.84 Å². The van der Waals surface area contributed by atoms with Gasteiger partial charge in [0.15, 0.2) is 9.84 Å². The van der Waals surface area contributed by atoms with Gasteiger partial charge in [0.25, 0.3) is 0 Å². The maximum Gasteiger partial charge on any atom is 0.221 e. The summed E-state index contributed by atoms with van der Waals surface area (Å²) in [6, 6.07) is 8.13. The number of carbonyl (C=O) groups is 1. The van der Waals surface area contributed by atoms with Crippen LogP contribution in [0.4, 0.5) is 0 Å². The van der Waals surface area contributed by atoms with Crippen molar-refractivity contribution >= 4 is 15.7 Å². The fraction of sp³-hybridized carbons (Fsp3) is 0.500. The van der Waals surface area contributed by atoms with Crippen LogP contribution in [0.2, 0.25) is 0 Å². The minimum Gasteiger partial charge on any atom is -0.396 e. The van der Waals surface area contributed by atoms with Gasteiger partial charge in [0.2, 0.25) is 5.91 Å². The second kappa shape index (κ2) is 8.71. The van der Waals surface area contributed by atoms with E-state index in [9.17, 15) is 13.2 Å². The first-order valence-corrected chi connectivity index (χ1v) is 8.37.